The standard InChI is InChI=1S/C23H48O14.C12H26O7/c24-1-3-28-5-7-30-9-11-32-13-15-34-17-19-36-23(21-26,22-27)37-20-18-35-16-14-33-12-10-31-8-6-29-4-2-25;13-1-3-15-5-7-17-9-11-19-12-10-18-8-6-16-4-2-14/h24-27H,1-22H2;13-14H,1-12H2. The average Bonchev–Trinajstić information content (AvgIpc) is 3.22. The van der Waals surface area contributed by atoms with Crippen LogP contribution in [-0.4, -0.2) is 261 Å². The number of aliphatic hydroxyl groups excluding tert-OH is 6. The maximum absolute atomic E-state index is 9.59. The highest BCUT2D eigenvalue weighted by Gasteiger charge is 2.30. The largest absolute Gasteiger partial charge is 0.394 e. The highest BCUT2D eigenvalue weighted by molar-refractivity contribution is 4.67. The number of hydrogen-bond donors (Lipinski definition) is 6. The van der Waals surface area contributed by atoms with Crippen LogP contribution in [0, 0.1) is 0 Å². The van der Waals surface area contributed by atoms with Crippen LogP contribution in [0.1, 0.15) is 0 Å². The minimum absolute atomic E-state index is 0.00248. The Bertz CT molecular complexity index is 633. The molecule has 0 aliphatic carbocycles. The first-order valence-electron chi connectivity index (χ1n) is 19.1. The Morgan fingerprint density at radius 2 is 0.339 bits per heavy atom. The molecule has 0 saturated heterocycles. The Hall–Kier alpha value is -0.840. The summed E-state index contributed by atoms with van der Waals surface area (Å²) in [4.78, 5) is 0. The first-order chi connectivity index (χ1) is 27.7. The van der Waals surface area contributed by atoms with Crippen LogP contribution >= 0.6 is 0 Å². The molecule has 0 aliphatic heterocycles. The summed E-state index contributed by atoms with van der Waals surface area (Å²) in [7, 11) is 0. The molecule has 0 rings (SSSR count). The number of rotatable bonds is 48. The minimum atomic E-state index is -1.53. The zero-order valence-electron chi connectivity index (χ0n) is 33.3. The Labute approximate surface area is 332 Å². The lowest BCUT2D eigenvalue weighted by atomic mass is 10.3. The first kappa shape index (κ1) is 57.3. The summed E-state index contributed by atoms with van der Waals surface area (Å²) in [6.45, 7) is 10.0. The van der Waals surface area contributed by atoms with Gasteiger partial charge in [-0.15, -0.1) is 0 Å². The van der Waals surface area contributed by atoms with Crippen molar-refractivity contribution in [1.29, 1.82) is 0 Å². The molecular weight excluding hydrogens is 756 g/mol. The molecule has 0 spiro atoms. The summed E-state index contributed by atoms with van der Waals surface area (Å²) < 4.78 is 79.0. The van der Waals surface area contributed by atoms with E-state index in [-0.39, 0.29) is 52.9 Å². The van der Waals surface area contributed by atoms with Crippen molar-refractivity contribution >= 4 is 0 Å². The molecule has 56 heavy (non-hydrogen) atoms. The molecule has 21 nitrogen and oxygen atoms in total. The maximum Gasteiger partial charge on any atom is 0.215 e. The molecule has 0 aliphatic rings. The van der Waals surface area contributed by atoms with Crippen molar-refractivity contribution in [3.63, 3.8) is 0 Å². The predicted octanol–water partition coefficient (Wildman–Crippen LogP) is -3.13. The average molecular weight is 831 g/mol. The predicted molar refractivity (Wildman–Crippen MR) is 198 cm³/mol. The van der Waals surface area contributed by atoms with Crippen molar-refractivity contribution in [2.45, 2.75) is 5.79 Å². The van der Waals surface area contributed by atoms with Gasteiger partial charge in [0.15, 0.2) is 0 Å². The summed E-state index contributed by atoms with van der Waals surface area (Å²) in [6, 6.07) is 0. The highest BCUT2D eigenvalue weighted by atomic mass is 16.7. The SMILES string of the molecule is OCCOCCOCCOCCOCCOC(CO)(CO)OCCOCCOCCOCCOCCO.OCCOCCOCCOCCOCCOCCO. The van der Waals surface area contributed by atoms with Crippen molar-refractivity contribution in [2.24, 2.45) is 0 Å². The molecule has 21 heteroatoms. The Kier molecular flexibility index (Phi) is 53.3. The van der Waals surface area contributed by atoms with E-state index < -0.39 is 19.0 Å². The van der Waals surface area contributed by atoms with E-state index in [0.717, 1.165) is 0 Å². The van der Waals surface area contributed by atoms with E-state index in [9.17, 15) is 10.2 Å². The van der Waals surface area contributed by atoms with Crippen LogP contribution in [-0.2, 0) is 71.1 Å². The van der Waals surface area contributed by atoms with E-state index in [2.05, 4.69) is 0 Å². The van der Waals surface area contributed by atoms with E-state index in [1.165, 1.54) is 0 Å². The number of aliphatic hydroxyl groups is 6. The molecule has 0 heterocycles. The van der Waals surface area contributed by atoms with Gasteiger partial charge in [-0.2, -0.15) is 0 Å². The molecular formula is C35H74O21. The molecule has 0 aromatic carbocycles. The molecule has 0 saturated carbocycles. The highest BCUT2D eigenvalue weighted by Crippen LogP contribution is 2.12. The summed E-state index contributed by atoms with van der Waals surface area (Å²) in [5.74, 6) is -1.53. The van der Waals surface area contributed by atoms with Crippen LogP contribution in [0.5, 0.6) is 0 Å². The van der Waals surface area contributed by atoms with E-state index in [1.807, 2.05) is 0 Å². The van der Waals surface area contributed by atoms with Crippen LogP contribution in [0.4, 0.5) is 0 Å². The first-order valence-corrected chi connectivity index (χ1v) is 19.1. The Morgan fingerprint density at radius 1 is 0.196 bits per heavy atom. The van der Waals surface area contributed by atoms with Gasteiger partial charge in [0.05, 0.1) is 225 Å². The molecule has 340 valence electrons. The van der Waals surface area contributed by atoms with Crippen LogP contribution in [0.3, 0.4) is 0 Å². The summed E-state index contributed by atoms with van der Waals surface area (Å²) in [6.07, 6.45) is 0. The van der Waals surface area contributed by atoms with Crippen molar-refractivity contribution < 1.29 is 102 Å². The lowest BCUT2D eigenvalue weighted by molar-refractivity contribution is -0.277. The van der Waals surface area contributed by atoms with Gasteiger partial charge in [-0.05, 0) is 0 Å². The van der Waals surface area contributed by atoms with Gasteiger partial charge in [0.25, 0.3) is 0 Å². The monoisotopic (exact) mass is 830 g/mol. The van der Waals surface area contributed by atoms with Gasteiger partial charge < -0.3 is 102 Å². The van der Waals surface area contributed by atoms with Gasteiger partial charge in [0.1, 0.15) is 0 Å². The lowest BCUT2D eigenvalue weighted by Crippen LogP contribution is -2.45. The third kappa shape index (κ3) is 47.5. The summed E-state index contributed by atoms with van der Waals surface area (Å²) in [5, 5.41) is 53.2. The molecule has 0 unspecified atom stereocenters. The van der Waals surface area contributed by atoms with Gasteiger partial charge in [0, 0.05) is 0 Å². The van der Waals surface area contributed by atoms with Gasteiger partial charge in [-0.1, -0.05) is 0 Å². The molecule has 0 fully saturated rings. The fraction of sp³-hybridized carbons (Fsp3) is 1.00. The van der Waals surface area contributed by atoms with Crippen molar-refractivity contribution in [3.05, 3.63) is 0 Å². The van der Waals surface area contributed by atoms with Crippen LogP contribution < -0.4 is 0 Å². The third-order valence-electron chi connectivity index (χ3n) is 6.33. The fourth-order valence-electron chi connectivity index (χ4n) is 3.61. The molecule has 0 atom stereocenters. The van der Waals surface area contributed by atoms with Gasteiger partial charge in [0.2, 0.25) is 5.79 Å². The third-order valence-corrected chi connectivity index (χ3v) is 6.33. The second-order valence-corrected chi connectivity index (χ2v) is 10.8. The van der Waals surface area contributed by atoms with E-state index in [1.54, 1.807) is 0 Å². The van der Waals surface area contributed by atoms with E-state index >= 15 is 0 Å². The second kappa shape index (κ2) is 52.2. The minimum Gasteiger partial charge on any atom is -0.394 e. The molecule has 0 aromatic heterocycles. The second-order valence-electron chi connectivity index (χ2n) is 10.8. The summed E-state index contributed by atoms with van der Waals surface area (Å²) >= 11 is 0. The van der Waals surface area contributed by atoms with Crippen LogP contribution in [0.15, 0.2) is 0 Å². The Morgan fingerprint density at radius 3 is 0.482 bits per heavy atom. The zero-order chi connectivity index (χ0) is 41.1. The number of ether oxygens (including phenoxy) is 15. The van der Waals surface area contributed by atoms with Gasteiger partial charge in [-0.25, -0.2) is 0 Å². The van der Waals surface area contributed by atoms with Gasteiger partial charge >= 0.3 is 0 Å². The van der Waals surface area contributed by atoms with Crippen molar-refractivity contribution in [3.8, 4) is 0 Å². The maximum atomic E-state index is 9.59. The zero-order valence-corrected chi connectivity index (χ0v) is 33.3. The molecule has 0 amide bonds. The van der Waals surface area contributed by atoms with E-state index in [4.69, 9.17) is 91.5 Å². The smallest absolute Gasteiger partial charge is 0.215 e. The number of hydrogen-bond acceptors (Lipinski definition) is 21. The Balaban J connectivity index is 0. The van der Waals surface area contributed by atoms with Gasteiger partial charge in [-0.3, -0.25) is 0 Å². The van der Waals surface area contributed by atoms with Crippen molar-refractivity contribution in [1.82, 2.24) is 0 Å². The van der Waals surface area contributed by atoms with Crippen molar-refractivity contribution in [2.75, 3.05) is 225 Å². The fourth-order valence-corrected chi connectivity index (χ4v) is 3.61. The van der Waals surface area contributed by atoms with Crippen LogP contribution in [0.2, 0.25) is 0 Å². The normalized spacial score (nSPS) is 11.7. The molecule has 0 radical (unpaired) electrons. The molecule has 0 bridgehead atoms. The van der Waals surface area contributed by atoms with Crippen LogP contribution in [0.25, 0.3) is 0 Å². The molecule has 6 N–H and O–H groups in total. The lowest BCUT2D eigenvalue weighted by Gasteiger charge is -2.30. The quantitative estimate of drug-likeness (QED) is 0.0262. The molecule has 0 aromatic rings. The topological polar surface area (TPSA) is 260 Å². The summed E-state index contributed by atoms with van der Waals surface area (Å²) in [5.41, 5.74) is 0. The van der Waals surface area contributed by atoms with E-state index in [0.29, 0.717) is 159 Å².